The Bertz CT molecular complexity index is 398. The summed E-state index contributed by atoms with van der Waals surface area (Å²) in [7, 11) is 0. The van der Waals surface area contributed by atoms with Crippen molar-refractivity contribution in [3.63, 3.8) is 0 Å². The van der Waals surface area contributed by atoms with Crippen molar-refractivity contribution in [3.05, 3.63) is 29.3 Å². The van der Waals surface area contributed by atoms with Gasteiger partial charge in [0.1, 0.15) is 17.2 Å². The van der Waals surface area contributed by atoms with Gasteiger partial charge in [0.15, 0.2) is 0 Å². The van der Waals surface area contributed by atoms with Crippen LogP contribution in [0.4, 0.5) is 27.6 Å². The molecule has 0 aromatic heterocycles. The highest BCUT2D eigenvalue weighted by Crippen LogP contribution is 2.34. The van der Waals surface area contributed by atoms with Gasteiger partial charge in [-0.25, -0.2) is 8.78 Å². The number of hydrogen-bond donors (Lipinski definition) is 3. The predicted octanol–water partition coefficient (Wildman–Crippen LogP) is 1.75. The molecule has 0 fully saturated rings. The lowest BCUT2D eigenvalue weighted by Gasteiger charge is -2.13. The molecule has 3 nitrogen and oxygen atoms in total. The van der Waals surface area contributed by atoms with Crippen molar-refractivity contribution < 1.29 is 32.2 Å². The maximum absolute atomic E-state index is 13.1. The Balaban J connectivity index is 2.93. The van der Waals surface area contributed by atoms with Crippen molar-refractivity contribution in [2.24, 2.45) is 0 Å². The fourth-order valence-corrected chi connectivity index (χ4v) is 1.25. The average molecular weight is 271 g/mol. The first-order valence-corrected chi connectivity index (χ1v) is 4.84. The summed E-state index contributed by atoms with van der Waals surface area (Å²) in [5.41, 5.74) is -2.22. The zero-order valence-electron chi connectivity index (χ0n) is 8.93. The molecule has 1 rings (SSSR count). The number of nitrogens with one attached hydrogen (secondary N) is 1. The minimum Gasteiger partial charge on any atom is -0.394 e. The molecule has 0 heterocycles. The normalized spacial score (nSPS) is 13.5. The topological polar surface area (TPSA) is 52.5 Å². The summed E-state index contributed by atoms with van der Waals surface area (Å²) < 4.78 is 62.9. The van der Waals surface area contributed by atoms with E-state index < -0.39 is 36.1 Å². The Morgan fingerprint density at radius 3 is 2.06 bits per heavy atom. The molecule has 18 heavy (non-hydrogen) atoms. The fraction of sp³-hybridized carbons (Fsp3) is 0.400. The second-order valence-electron chi connectivity index (χ2n) is 3.53. The first-order chi connectivity index (χ1) is 8.25. The van der Waals surface area contributed by atoms with Crippen LogP contribution in [-0.2, 0) is 6.18 Å². The largest absolute Gasteiger partial charge is 0.422 e. The third-order valence-corrected chi connectivity index (χ3v) is 2.08. The summed E-state index contributed by atoms with van der Waals surface area (Å²) in [5.74, 6) is -3.49. The van der Waals surface area contributed by atoms with Gasteiger partial charge in [-0.3, -0.25) is 0 Å². The van der Waals surface area contributed by atoms with E-state index in [9.17, 15) is 22.0 Å². The van der Waals surface area contributed by atoms with Crippen molar-refractivity contribution in [1.29, 1.82) is 0 Å². The molecule has 3 N–H and O–H groups in total. The maximum atomic E-state index is 13.1. The lowest BCUT2D eigenvalue weighted by atomic mass is 10.1. The lowest BCUT2D eigenvalue weighted by Crippen LogP contribution is -2.23. The SMILES string of the molecule is OCC(O)CNc1cc(F)c(C(F)(F)F)c(F)c1. The fourth-order valence-electron chi connectivity index (χ4n) is 1.25. The molecule has 1 aromatic rings. The molecule has 0 aliphatic heterocycles. The summed E-state index contributed by atoms with van der Waals surface area (Å²) >= 11 is 0. The standard InChI is InChI=1S/C10H10F5NO2/c11-7-1-5(16-3-6(18)4-17)2-8(12)9(7)10(13,14)15/h1-2,6,16-18H,3-4H2. The smallest absolute Gasteiger partial charge is 0.394 e. The van der Waals surface area contributed by atoms with Crippen molar-refractivity contribution in [1.82, 2.24) is 0 Å². The Morgan fingerprint density at radius 1 is 1.17 bits per heavy atom. The lowest BCUT2D eigenvalue weighted by molar-refractivity contribution is -0.142. The molecular weight excluding hydrogens is 261 g/mol. The molecule has 0 aliphatic rings. The van der Waals surface area contributed by atoms with Crippen LogP contribution in [0.15, 0.2) is 12.1 Å². The van der Waals surface area contributed by atoms with Crippen molar-refractivity contribution >= 4 is 5.69 Å². The van der Waals surface area contributed by atoms with E-state index in [1.165, 1.54) is 0 Å². The number of anilines is 1. The van der Waals surface area contributed by atoms with Crippen LogP contribution in [0.25, 0.3) is 0 Å². The maximum Gasteiger partial charge on any atom is 0.422 e. The second kappa shape index (κ2) is 5.49. The highest BCUT2D eigenvalue weighted by Gasteiger charge is 2.37. The van der Waals surface area contributed by atoms with E-state index in [-0.39, 0.29) is 12.2 Å². The van der Waals surface area contributed by atoms with Gasteiger partial charge in [0.25, 0.3) is 0 Å². The first kappa shape index (κ1) is 14.7. The van der Waals surface area contributed by atoms with E-state index in [4.69, 9.17) is 10.2 Å². The summed E-state index contributed by atoms with van der Waals surface area (Å²) in [4.78, 5) is 0. The Kier molecular flexibility index (Phi) is 4.47. The third kappa shape index (κ3) is 3.54. The van der Waals surface area contributed by atoms with E-state index in [2.05, 4.69) is 5.32 Å². The molecule has 0 saturated heterocycles. The third-order valence-electron chi connectivity index (χ3n) is 2.08. The van der Waals surface area contributed by atoms with Gasteiger partial charge < -0.3 is 15.5 Å². The molecule has 102 valence electrons. The highest BCUT2D eigenvalue weighted by atomic mass is 19.4. The summed E-state index contributed by atoms with van der Waals surface area (Å²) in [6.45, 7) is -0.834. The zero-order chi connectivity index (χ0) is 13.9. The molecule has 0 saturated carbocycles. The highest BCUT2D eigenvalue weighted by molar-refractivity contribution is 5.46. The van der Waals surface area contributed by atoms with Gasteiger partial charge in [0, 0.05) is 12.2 Å². The van der Waals surface area contributed by atoms with Gasteiger partial charge >= 0.3 is 6.18 Å². The molecule has 1 atom stereocenters. The number of aliphatic hydroxyl groups excluding tert-OH is 2. The van der Waals surface area contributed by atoms with Crippen molar-refractivity contribution in [2.75, 3.05) is 18.5 Å². The van der Waals surface area contributed by atoms with Crippen molar-refractivity contribution in [2.45, 2.75) is 12.3 Å². The van der Waals surface area contributed by atoms with Crippen LogP contribution in [-0.4, -0.2) is 29.5 Å². The molecule has 0 radical (unpaired) electrons. The number of aliphatic hydroxyl groups is 2. The zero-order valence-corrected chi connectivity index (χ0v) is 8.93. The molecule has 0 bridgehead atoms. The minimum absolute atomic E-state index is 0.249. The quantitative estimate of drug-likeness (QED) is 0.731. The summed E-state index contributed by atoms with van der Waals surface area (Å²) in [6, 6.07) is 0.937. The number of alkyl halides is 3. The van der Waals surface area contributed by atoms with Crippen LogP contribution in [0.5, 0.6) is 0 Å². The van der Waals surface area contributed by atoms with Gasteiger partial charge in [0.05, 0.1) is 12.7 Å². The number of benzene rings is 1. The number of rotatable bonds is 4. The Morgan fingerprint density at radius 2 is 1.67 bits per heavy atom. The average Bonchev–Trinajstić information content (AvgIpc) is 2.22. The van der Waals surface area contributed by atoms with Gasteiger partial charge in [0.2, 0.25) is 0 Å². The molecule has 0 aliphatic carbocycles. The van der Waals surface area contributed by atoms with E-state index in [1.54, 1.807) is 0 Å². The predicted molar refractivity (Wildman–Crippen MR) is 52.9 cm³/mol. The molecule has 8 heteroatoms. The van der Waals surface area contributed by atoms with Crippen LogP contribution in [0.3, 0.4) is 0 Å². The first-order valence-electron chi connectivity index (χ1n) is 4.84. The van der Waals surface area contributed by atoms with Gasteiger partial charge in [-0.2, -0.15) is 13.2 Å². The van der Waals surface area contributed by atoms with E-state index in [0.717, 1.165) is 0 Å². The summed E-state index contributed by atoms with van der Waals surface area (Å²) in [6.07, 6.45) is -6.30. The van der Waals surface area contributed by atoms with E-state index >= 15 is 0 Å². The van der Waals surface area contributed by atoms with Gasteiger partial charge in [-0.05, 0) is 12.1 Å². The van der Waals surface area contributed by atoms with Crippen LogP contribution in [0, 0.1) is 11.6 Å². The van der Waals surface area contributed by atoms with Crippen LogP contribution >= 0.6 is 0 Å². The van der Waals surface area contributed by atoms with Crippen LogP contribution < -0.4 is 5.32 Å². The monoisotopic (exact) mass is 271 g/mol. The molecule has 1 aromatic carbocycles. The van der Waals surface area contributed by atoms with E-state index in [0.29, 0.717) is 12.1 Å². The van der Waals surface area contributed by atoms with Gasteiger partial charge in [-0.1, -0.05) is 0 Å². The van der Waals surface area contributed by atoms with Crippen LogP contribution in [0.1, 0.15) is 5.56 Å². The Labute approximate surface area is 98.9 Å². The number of hydrogen-bond acceptors (Lipinski definition) is 3. The molecule has 1 unspecified atom stereocenters. The second-order valence-corrected chi connectivity index (χ2v) is 3.53. The van der Waals surface area contributed by atoms with Crippen LogP contribution in [0.2, 0.25) is 0 Å². The molecular formula is C10H10F5NO2. The van der Waals surface area contributed by atoms with Crippen molar-refractivity contribution in [3.8, 4) is 0 Å². The van der Waals surface area contributed by atoms with E-state index in [1.807, 2.05) is 0 Å². The Hall–Kier alpha value is -1.41. The summed E-state index contributed by atoms with van der Waals surface area (Å²) in [5, 5.41) is 19.7. The van der Waals surface area contributed by atoms with Gasteiger partial charge in [-0.15, -0.1) is 0 Å². The molecule has 0 amide bonds. The number of halogens is 5. The molecule has 0 spiro atoms. The minimum atomic E-state index is -5.11.